The van der Waals surface area contributed by atoms with Gasteiger partial charge in [0.05, 0.1) is 0 Å². The van der Waals surface area contributed by atoms with Gasteiger partial charge in [0.25, 0.3) is 0 Å². The Labute approximate surface area is 138 Å². The molecule has 1 aliphatic heterocycles. The van der Waals surface area contributed by atoms with Crippen molar-refractivity contribution >= 4 is 15.9 Å². The van der Waals surface area contributed by atoms with Gasteiger partial charge in [-0.25, -0.2) is 0 Å². The molecule has 3 atom stereocenters. The molecule has 1 fully saturated rings. The highest BCUT2D eigenvalue weighted by Gasteiger charge is 2.35. The molecule has 1 aromatic rings. The summed E-state index contributed by atoms with van der Waals surface area (Å²) in [5.74, 6) is 0. The van der Waals surface area contributed by atoms with Gasteiger partial charge in [-0.15, -0.1) is 0 Å². The SMILES string of the molecule is CCC1CNC(C(C)(C)C)CN1C(C)c1cccc(Br)c1. The van der Waals surface area contributed by atoms with Crippen molar-refractivity contribution in [1.29, 1.82) is 0 Å². The molecule has 2 nitrogen and oxygen atoms in total. The third kappa shape index (κ3) is 4.08. The fourth-order valence-electron chi connectivity index (χ4n) is 3.21. The summed E-state index contributed by atoms with van der Waals surface area (Å²) in [7, 11) is 0. The molecule has 0 aromatic heterocycles. The summed E-state index contributed by atoms with van der Waals surface area (Å²) in [6.07, 6.45) is 1.20. The van der Waals surface area contributed by atoms with Crippen molar-refractivity contribution in [2.75, 3.05) is 13.1 Å². The van der Waals surface area contributed by atoms with E-state index < -0.39 is 0 Å². The Morgan fingerprint density at radius 1 is 1.38 bits per heavy atom. The molecule has 3 heteroatoms. The van der Waals surface area contributed by atoms with Crippen LogP contribution in [0.2, 0.25) is 0 Å². The fourth-order valence-corrected chi connectivity index (χ4v) is 3.63. The lowest BCUT2D eigenvalue weighted by Crippen LogP contribution is -2.60. The molecule has 0 radical (unpaired) electrons. The van der Waals surface area contributed by atoms with Gasteiger partial charge in [-0.05, 0) is 36.5 Å². The van der Waals surface area contributed by atoms with Crippen LogP contribution in [0.15, 0.2) is 28.7 Å². The van der Waals surface area contributed by atoms with Crippen molar-refractivity contribution in [3.63, 3.8) is 0 Å². The Hall–Kier alpha value is -0.380. The summed E-state index contributed by atoms with van der Waals surface area (Å²) in [6, 6.07) is 10.4. The maximum atomic E-state index is 3.76. The molecule has 118 valence electrons. The Morgan fingerprint density at radius 3 is 2.67 bits per heavy atom. The summed E-state index contributed by atoms with van der Waals surface area (Å²) in [6.45, 7) is 13.9. The van der Waals surface area contributed by atoms with Crippen LogP contribution in [-0.2, 0) is 0 Å². The second-order valence-electron chi connectivity index (χ2n) is 7.32. The van der Waals surface area contributed by atoms with E-state index in [-0.39, 0.29) is 0 Å². The molecular formula is C18H29BrN2. The molecule has 0 aliphatic carbocycles. The minimum absolute atomic E-state index is 0.300. The van der Waals surface area contributed by atoms with Crippen LogP contribution in [-0.4, -0.2) is 30.1 Å². The van der Waals surface area contributed by atoms with E-state index in [1.165, 1.54) is 16.5 Å². The summed E-state index contributed by atoms with van der Waals surface area (Å²) >= 11 is 3.60. The molecule has 0 bridgehead atoms. The van der Waals surface area contributed by atoms with Crippen LogP contribution in [0.4, 0.5) is 0 Å². The first-order valence-electron chi connectivity index (χ1n) is 8.07. The summed E-state index contributed by atoms with van der Waals surface area (Å²) in [5.41, 5.74) is 1.70. The highest BCUT2D eigenvalue weighted by Crippen LogP contribution is 2.31. The van der Waals surface area contributed by atoms with Gasteiger partial charge in [0.2, 0.25) is 0 Å². The van der Waals surface area contributed by atoms with E-state index in [1.54, 1.807) is 0 Å². The molecule has 1 heterocycles. The average Bonchev–Trinajstić information content (AvgIpc) is 2.44. The number of hydrogen-bond donors (Lipinski definition) is 1. The van der Waals surface area contributed by atoms with Crippen LogP contribution in [0, 0.1) is 5.41 Å². The first-order chi connectivity index (χ1) is 9.82. The largest absolute Gasteiger partial charge is 0.311 e. The molecule has 1 aromatic carbocycles. The van der Waals surface area contributed by atoms with Crippen molar-refractivity contribution in [1.82, 2.24) is 10.2 Å². The smallest absolute Gasteiger partial charge is 0.0324 e. The van der Waals surface area contributed by atoms with Crippen molar-refractivity contribution in [3.8, 4) is 0 Å². The van der Waals surface area contributed by atoms with E-state index in [0.29, 0.717) is 23.5 Å². The minimum Gasteiger partial charge on any atom is -0.311 e. The summed E-state index contributed by atoms with van der Waals surface area (Å²) in [5, 5.41) is 3.76. The van der Waals surface area contributed by atoms with E-state index in [4.69, 9.17) is 0 Å². The molecule has 0 amide bonds. The molecule has 1 N–H and O–H groups in total. The van der Waals surface area contributed by atoms with Gasteiger partial charge >= 0.3 is 0 Å². The van der Waals surface area contributed by atoms with Crippen LogP contribution >= 0.6 is 15.9 Å². The molecule has 1 aliphatic rings. The lowest BCUT2D eigenvalue weighted by molar-refractivity contribution is 0.0530. The second kappa shape index (κ2) is 6.80. The van der Waals surface area contributed by atoms with Crippen molar-refractivity contribution in [2.45, 2.75) is 59.2 Å². The standard InChI is InChI=1S/C18H29BrN2/c1-6-16-11-20-17(18(3,4)5)12-21(16)13(2)14-8-7-9-15(19)10-14/h7-10,13,16-17,20H,6,11-12H2,1-5H3. The molecule has 3 unspecified atom stereocenters. The summed E-state index contributed by atoms with van der Waals surface area (Å²) in [4.78, 5) is 2.69. The van der Waals surface area contributed by atoms with E-state index in [1.807, 2.05) is 0 Å². The van der Waals surface area contributed by atoms with E-state index in [2.05, 4.69) is 85.0 Å². The number of rotatable bonds is 3. The molecule has 1 saturated heterocycles. The average molecular weight is 353 g/mol. The van der Waals surface area contributed by atoms with Gasteiger partial charge in [0, 0.05) is 35.7 Å². The number of benzene rings is 1. The molecule has 2 rings (SSSR count). The van der Waals surface area contributed by atoms with Gasteiger partial charge < -0.3 is 5.32 Å². The Morgan fingerprint density at radius 2 is 2.10 bits per heavy atom. The van der Waals surface area contributed by atoms with Crippen LogP contribution in [0.25, 0.3) is 0 Å². The maximum absolute atomic E-state index is 3.76. The second-order valence-corrected chi connectivity index (χ2v) is 8.23. The van der Waals surface area contributed by atoms with Gasteiger partial charge in [-0.3, -0.25) is 4.90 Å². The highest BCUT2D eigenvalue weighted by molar-refractivity contribution is 9.10. The lowest BCUT2D eigenvalue weighted by Gasteiger charge is -2.47. The Bertz CT molecular complexity index is 467. The van der Waals surface area contributed by atoms with E-state index in [9.17, 15) is 0 Å². The fraction of sp³-hybridized carbons (Fsp3) is 0.667. The Kier molecular flexibility index (Phi) is 5.50. The zero-order chi connectivity index (χ0) is 15.6. The first kappa shape index (κ1) is 17.0. The molecule has 21 heavy (non-hydrogen) atoms. The van der Waals surface area contributed by atoms with Crippen molar-refractivity contribution in [2.24, 2.45) is 5.41 Å². The van der Waals surface area contributed by atoms with Crippen molar-refractivity contribution in [3.05, 3.63) is 34.3 Å². The number of piperazine rings is 1. The van der Waals surface area contributed by atoms with Gasteiger partial charge in [0.15, 0.2) is 0 Å². The quantitative estimate of drug-likeness (QED) is 0.854. The van der Waals surface area contributed by atoms with Crippen LogP contribution in [0.3, 0.4) is 0 Å². The van der Waals surface area contributed by atoms with Gasteiger partial charge in [-0.1, -0.05) is 55.8 Å². The molecule has 0 saturated carbocycles. The zero-order valence-electron chi connectivity index (χ0n) is 14.0. The number of nitrogens with one attached hydrogen (secondary N) is 1. The van der Waals surface area contributed by atoms with Crippen LogP contribution in [0.1, 0.15) is 52.6 Å². The van der Waals surface area contributed by atoms with E-state index in [0.717, 1.165) is 13.1 Å². The van der Waals surface area contributed by atoms with Gasteiger partial charge in [0.1, 0.15) is 0 Å². The maximum Gasteiger partial charge on any atom is 0.0324 e. The van der Waals surface area contributed by atoms with E-state index >= 15 is 0 Å². The predicted octanol–water partition coefficient (Wildman–Crippen LogP) is 4.61. The highest BCUT2D eigenvalue weighted by atomic mass is 79.9. The summed E-state index contributed by atoms with van der Waals surface area (Å²) < 4.78 is 1.17. The Balaban J connectivity index is 2.20. The molecular weight excluding hydrogens is 324 g/mol. The predicted molar refractivity (Wildman–Crippen MR) is 94.6 cm³/mol. The monoisotopic (exact) mass is 352 g/mol. The zero-order valence-corrected chi connectivity index (χ0v) is 15.6. The topological polar surface area (TPSA) is 15.3 Å². The minimum atomic E-state index is 0.300. The first-order valence-corrected chi connectivity index (χ1v) is 8.86. The van der Waals surface area contributed by atoms with Crippen LogP contribution in [0.5, 0.6) is 0 Å². The third-order valence-electron chi connectivity index (χ3n) is 4.81. The third-order valence-corrected chi connectivity index (χ3v) is 5.30. The number of halogens is 1. The van der Waals surface area contributed by atoms with Gasteiger partial charge in [-0.2, -0.15) is 0 Å². The molecule has 0 spiro atoms. The normalized spacial score (nSPS) is 25.8. The van der Waals surface area contributed by atoms with Crippen molar-refractivity contribution < 1.29 is 0 Å². The lowest BCUT2D eigenvalue weighted by atomic mass is 9.84. The van der Waals surface area contributed by atoms with Crippen LogP contribution < -0.4 is 5.32 Å². The number of nitrogens with zero attached hydrogens (tertiary/aromatic N) is 1. The number of hydrogen-bond acceptors (Lipinski definition) is 2.